The molecule has 0 saturated carbocycles. The molecule has 17 heavy (non-hydrogen) atoms. The molecule has 0 radical (unpaired) electrons. The van der Waals surface area contributed by atoms with Gasteiger partial charge in [0.2, 0.25) is 0 Å². The Morgan fingerprint density at radius 2 is 2.47 bits per heavy atom. The van der Waals surface area contributed by atoms with Gasteiger partial charge in [-0.15, -0.1) is 0 Å². The van der Waals surface area contributed by atoms with E-state index >= 15 is 0 Å². The van der Waals surface area contributed by atoms with Crippen molar-refractivity contribution in [2.75, 3.05) is 6.61 Å². The third-order valence-corrected chi connectivity index (χ3v) is 3.57. The molecule has 2 unspecified atom stereocenters. The molecule has 1 aromatic rings. The lowest BCUT2D eigenvalue weighted by Gasteiger charge is -2.30. The van der Waals surface area contributed by atoms with Gasteiger partial charge in [-0.2, -0.15) is 5.10 Å². The number of rotatable bonds is 5. The Morgan fingerprint density at radius 3 is 3.12 bits per heavy atom. The molecule has 2 rings (SSSR count). The minimum absolute atomic E-state index is 0.00944. The molecule has 0 spiro atoms. The lowest BCUT2D eigenvalue weighted by atomic mass is 9.91. The fraction of sp³-hybridized carbons (Fsp3) is 0.833. The van der Waals surface area contributed by atoms with Crippen LogP contribution in [0.25, 0.3) is 0 Å². The van der Waals surface area contributed by atoms with Gasteiger partial charge in [0, 0.05) is 25.6 Å². The zero-order valence-electron chi connectivity index (χ0n) is 10.7. The zero-order chi connectivity index (χ0) is 12.3. The van der Waals surface area contributed by atoms with Crippen molar-refractivity contribution in [1.82, 2.24) is 14.8 Å². The number of hydrogen-bond acceptors (Lipinski definition) is 4. The van der Waals surface area contributed by atoms with Crippen LogP contribution in [0.1, 0.15) is 38.9 Å². The normalized spacial score (nSPS) is 26.3. The van der Waals surface area contributed by atoms with Crippen LogP contribution in [0.15, 0.2) is 6.33 Å². The van der Waals surface area contributed by atoms with Crippen LogP contribution < -0.4 is 5.73 Å². The Kier molecular flexibility index (Phi) is 3.79. The van der Waals surface area contributed by atoms with Gasteiger partial charge in [-0.25, -0.2) is 4.98 Å². The van der Waals surface area contributed by atoms with Crippen molar-refractivity contribution in [3.63, 3.8) is 0 Å². The van der Waals surface area contributed by atoms with Gasteiger partial charge in [-0.1, -0.05) is 6.92 Å². The van der Waals surface area contributed by atoms with Crippen LogP contribution in [-0.2, 0) is 17.7 Å². The average Bonchev–Trinajstić information content (AvgIpc) is 2.90. The highest BCUT2D eigenvalue weighted by Gasteiger charge is 2.36. The first-order valence-electron chi connectivity index (χ1n) is 6.42. The van der Waals surface area contributed by atoms with Crippen LogP contribution in [0.3, 0.4) is 0 Å². The molecule has 0 aromatic carbocycles. The number of nitrogens with zero attached hydrogens (tertiary/aromatic N) is 3. The number of aromatic nitrogens is 3. The number of hydrogen-bond donors (Lipinski definition) is 1. The summed E-state index contributed by atoms with van der Waals surface area (Å²) >= 11 is 0. The minimum atomic E-state index is -0.191. The molecule has 5 nitrogen and oxygen atoms in total. The summed E-state index contributed by atoms with van der Waals surface area (Å²) < 4.78 is 7.71. The summed E-state index contributed by atoms with van der Waals surface area (Å²) in [5, 5.41) is 4.22. The summed E-state index contributed by atoms with van der Waals surface area (Å²) in [6.45, 7) is 5.96. The molecule has 5 heteroatoms. The Balaban J connectivity index is 2.02. The van der Waals surface area contributed by atoms with Gasteiger partial charge in [-0.05, 0) is 26.2 Å². The number of ether oxygens (including phenoxy) is 1. The minimum Gasteiger partial charge on any atom is -0.374 e. The molecule has 2 atom stereocenters. The van der Waals surface area contributed by atoms with Gasteiger partial charge in [0.25, 0.3) is 0 Å². The topological polar surface area (TPSA) is 66.0 Å². The first-order valence-corrected chi connectivity index (χ1v) is 6.42. The van der Waals surface area contributed by atoms with Crippen LogP contribution in [0.4, 0.5) is 0 Å². The first-order chi connectivity index (χ1) is 8.15. The predicted octanol–water partition coefficient (Wildman–Crippen LogP) is 1.13. The summed E-state index contributed by atoms with van der Waals surface area (Å²) in [5.74, 6) is 0.969. The fourth-order valence-electron chi connectivity index (χ4n) is 2.35. The molecular weight excluding hydrogens is 216 g/mol. The Hall–Kier alpha value is -0.940. The van der Waals surface area contributed by atoms with E-state index in [-0.39, 0.29) is 11.6 Å². The number of aryl methyl sites for hydroxylation is 1. The van der Waals surface area contributed by atoms with Crippen molar-refractivity contribution >= 4 is 0 Å². The van der Waals surface area contributed by atoms with E-state index in [9.17, 15) is 0 Å². The SMILES string of the molecule is CCCn1ncnc1CC(N)C1(C)CCCO1. The van der Waals surface area contributed by atoms with Crippen molar-refractivity contribution in [1.29, 1.82) is 0 Å². The van der Waals surface area contributed by atoms with Gasteiger partial charge in [0.05, 0.1) is 5.60 Å². The van der Waals surface area contributed by atoms with Crippen LogP contribution in [0.2, 0.25) is 0 Å². The standard InChI is InChI=1S/C12H22N4O/c1-3-6-16-11(14-9-15-16)8-10(13)12(2)5-4-7-17-12/h9-10H,3-8,13H2,1-2H3. The van der Waals surface area contributed by atoms with Gasteiger partial charge < -0.3 is 10.5 Å². The summed E-state index contributed by atoms with van der Waals surface area (Å²) in [5.41, 5.74) is 6.07. The van der Waals surface area contributed by atoms with E-state index in [1.54, 1.807) is 6.33 Å². The van der Waals surface area contributed by atoms with Crippen molar-refractivity contribution in [3.05, 3.63) is 12.2 Å². The lowest BCUT2D eigenvalue weighted by molar-refractivity contribution is -0.00159. The van der Waals surface area contributed by atoms with Crippen molar-refractivity contribution in [2.45, 2.75) is 57.7 Å². The molecule has 0 bridgehead atoms. The second-order valence-corrected chi connectivity index (χ2v) is 4.97. The maximum Gasteiger partial charge on any atom is 0.138 e. The van der Waals surface area contributed by atoms with E-state index in [1.165, 1.54) is 0 Å². The Bertz CT molecular complexity index is 357. The lowest BCUT2D eigenvalue weighted by Crippen LogP contribution is -2.47. The van der Waals surface area contributed by atoms with Gasteiger partial charge in [-0.3, -0.25) is 4.68 Å². The van der Waals surface area contributed by atoms with Crippen LogP contribution >= 0.6 is 0 Å². The van der Waals surface area contributed by atoms with Crippen LogP contribution in [-0.4, -0.2) is 33.0 Å². The highest BCUT2D eigenvalue weighted by molar-refractivity contribution is 4.98. The Labute approximate surface area is 102 Å². The van der Waals surface area contributed by atoms with E-state index in [0.717, 1.165) is 44.7 Å². The van der Waals surface area contributed by atoms with E-state index in [4.69, 9.17) is 10.5 Å². The smallest absolute Gasteiger partial charge is 0.138 e. The molecule has 1 aliphatic heterocycles. The molecule has 1 aromatic heterocycles. The molecule has 0 aliphatic carbocycles. The second-order valence-electron chi connectivity index (χ2n) is 4.97. The monoisotopic (exact) mass is 238 g/mol. The van der Waals surface area contributed by atoms with Crippen LogP contribution in [0, 0.1) is 0 Å². The first kappa shape index (κ1) is 12.5. The summed E-state index contributed by atoms with van der Waals surface area (Å²) in [7, 11) is 0. The third-order valence-electron chi connectivity index (χ3n) is 3.57. The van der Waals surface area contributed by atoms with Gasteiger partial charge in [0.15, 0.2) is 0 Å². The summed E-state index contributed by atoms with van der Waals surface area (Å²) in [4.78, 5) is 4.29. The number of nitrogens with two attached hydrogens (primary N) is 1. The predicted molar refractivity (Wildman–Crippen MR) is 65.6 cm³/mol. The summed E-state index contributed by atoms with van der Waals surface area (Å²) in [6, 6.07) is -0.00944. The van der Waals surface area contributed by atoms with Crippen molar-refractivity contribution < 1.29 is 4.74 Å². The van der Waals surface area contributed by atoms with Gasteiger partial charge >= 0.3 is 0 Å². The Morgan fingerprint density at radius 1 is 1.65 bits per heavy atom. The quantitative estimate of drug-likeness (QED) is 0.835. The van der Waals surface area contributed by atoms with Crippen LogP contribution in [0.5, 0.6) is 0 Å². The highest BCUT2D eigenvalue weighted by atomic mass is 16.5. The average molecular weight is 238 g/mol. The highest BCUT2D eigenvalue weighted by Crippen LogP contribution is 2.28. The van der Waals surface area contributed by atoms with E-state index in [1.807, 2.05) is 4.68 Å². The summed E-state index contributed by atoms with van der Waals surface area (Å²) in [6.07, 6.45) is 5.54. The maximum atomic E-state index is 6.26. The molecule has 1 aliphatic rings. The van der Waals surface area contributed by atoms with Crippen molar-refractivity contribution in [2.24, 2.45) is 5.73 Å². The molecule has 1 saturated heterocycles. The molecule has 2 N–H and O–H groups in total. The van der Waals surface area contributed by atoms with Gasteiger partial charge in [0.1, 0.15) is 12.2 Å². The third kappa shape index (κ3) is 2.66. The molecule has 0 amide bonds. The van der Waals surface area contributed by atoms with E-state index in [2.05, 4.69) is 23.9 Å². The molecule has 2 heterocycles. The zero-order valence-corrected chi connectivity index (χ0v) is 10.7. The maximum absolute atomic E-state index is 6.26. The molecule has 1 fully saturated rings. The van der Waals surface area contributed by atoms with E-state index in [0.29, 0.717) is 0 Å². The largest absolute Gasteiger partial charge is 0.374 e. The molecular formula is C12H22N4O. The van der Waals surface area contributed by atoms with E-state index < -0.39 is 0 Å². The fourth-order valence-corrected chi connectivity index (χ4v) is 2.35. The second kappa shape index (κ2) is 5.14. The van der Waals surface area contributed by atoms with Crippen molar-refractivity contribution in [3.8, 4) is 0 Å². The molecule has 96 valence electrons.